The molecule has 3 aromatic rings. The maximum Gasteiger partial charge on any atom is 0.387 e. The Bertz CT molecular complexity index is 968. The first-order valence-corrected chi connectivity index (χ1v) is 8.18. The van der Waals surface area contributed by atoms with Crippen LogP contribution in [-0.4, -0.2) is 22.7 Å². The van der Waals surface area contributed by atoms with Crippen molar-refractivity contribution < 1.29 is 27.8 Å². The highest BCUT2D eigenvalue weighted by molar-refractivity contribution is 5.91. The van der Waals surface area contributed by atoms with Crippen molar-refractivity contribution in [2.24, 2.45) is 0 Å². The van der Waals surface area contributed by atoms with Crippen LogP contribution in [0.25, 0.3) is 22.7 Å². The lowest BCUT2D eigenvalue weighted by molar-refractivity contribution is -0.135. The summed E-state index contributed by atoms with van der Waals surface area (Å²) >= 11 is 0. The average molecular weight is 373 g/mol. The van der Waals surface area contributed by atoms with Gasteiger partial charge in [0, 0.05) is 5.57 Å². The molecule has 1 aromatic heterocycles. The number of alkyl halides is 2. The van der Waals surface area contributed by atoms with E-state index in [0.29, 0.717) is 33.4 Å². The normalized spacial score (nSPS) is 12.0. The SMILES string of the molecule is Cc1cc(/C=C(\CC(=O)O)c2nc3ccccc3o2)cc(C)c1OC(F)F. The summed E-state index contributed by atoms with van der Waals surface area (Å²) in [6, 6.07) is 10.4. The highest BCUT2D eigenvalue weighted by Crippen LogP contribution is 2.30. The summed E-state index contributed by atoms with van der Waals surface area (Å²) in [7, 11) is 0. The second kappa shape index (κ2) is 7.57. The predicted molar refractivity (Wildman–Crippen MR) is 96.7 cm³/mol. The molecule has 140 valence electrons. The highest BCUT2D eigenvalue weighted by atomic mass is 19.3. The van der Waals surface area contributed by atoms with Gasteiger partial charge < -0.3 is 14.3 Å². The molecule has 27 heavy (non-hydrogen) atoms. The number of rotatable bonds is 6. The zero-order chi connectivity index (χ0) is 19.6. The number of carboxylic acid groups (broad SMARTS) is 1. The van der Waals surface area contributed by atoms with E-state index in [1.807, 2.05) is 6.07 Å². The van der Waals surface area contributed by atoms with Crippen LogP contribution in [0.15, 0.2) is 40.8 Å². The molecular formula is C20H17F2NO4. The zero-order valence-corrected chi connectivity index (χ0v) is 14.7. The van der Waals surface area contributed by atoms with E-state index in [1.165, 1.54) is 0 Å². The van der Waals surface area contributed by atoms with Gasteiger partial charge in [-0.05, 0) is 60.9 Å². The molecule has 1 N–H and O–H groups in total. The molecule has 0 saturated heterocycles. The molecule has 2 aromatic carbocycles. The van der Waals surface area contributed by atoms with Crippen molar-refractivity contribution in [3.8, 4) is 5.75 Å². The second-order valence-corrected chi connectivity index (χ2v) is 6.09. The average Bonchev–Trinajstić information content (AvgIpc) is 3.01. The first-order valence-electron chi connectivity index (χ1n) is 8.18. The number of nitrogens with zero attached hydrogens (tertiary/aromatic N) is 1. The van der Waals surface area contributed by atoms with Gasteiger partial charge in [0.25, 0.3) is 0 Å². The molecule has 3 rings (SSSR count). The number of aryl methyl sites for hydroxylation is 2. The number of ether oxygens (including phenoxy) is 1. The lowest BCUT2D eigenvalue weighted by atomic mass is 10.0. The lowest BCUT2D eigenvalue weighted by Gasteiger charge is -2.12. The Morgan fingerprint density at radius 3 is 2.52 bits per heavy atom. The summed E-state index contributed by atoms with van der Waals surface area (Å²) in [4.78, 5) is 15.6. The number of fused-ring (bicyclic) bond motifs is 1. The minimum absolute atomic E-state index is 0.115. The van der Waals surface area contributed by atoms with Crippen LogP contribution in [0.2, 0.25) is 0 Å². The van der Waals surface area contributed by atoms with Crippen LogP contribution >= 0.6 is 0 Å². The third-order valence-corrected chi connectivity index (χ3v) is 3.94. The Balaban J connectivity index is 2.04. The van der Waals surface area contributed by atoms with Gasteiger partial charge in [0.1, 0.15) is 11.3 Å². The van der Waals surface area contributed by atoms with Crippen molar-refractivity contribution >= 4 is 28.7 Å². The van der Waals surface area contributed by atoms with Gasteiger partial charge in [-0.2, -0.15) is 8.78 Å². The van der Waals surface area contributed by atoms with Gasteiger partial charge in [-0.25, -0.2) is 4.98 Å². The lowest BCUT2D eigenvalue weighted by Crippen LogP contribution is -2.05. The van der Waals surface area contributed by atoms with E-state index in [1.54, 1.807) is 50.3 Å². The third kappa shape index (κ3) is 4.31. The second-order valence-electron chi connectivity index (χ2n) is 6.09. The maximum atomic E-state index is 12.5. The van der Waals surface area contributed by atoms with Crippen molar-refractivity contribution in [1.82, 2.24) is 4.98 Å². The van der Waals surface area contributed by atoms with E-state index >= 15 is 0 Å². The Labute approximate surface area is 153 Å². The van der Waals surface area contributed by atoms with E-state index in [-0.39, 0.29) is 18.1 Å². The smallest absolute Gasteiger partial charge is 0.387 e. The number of benzene rings is 2. The maximum absolute atomic E-state index is 12.5. The van der Waals surface area contributed by atoms with Gasteiger partial charge in [-0.15, -0.1) is 0 Å². The number of aromatic nitrogens is 1. The number of hydrogen-bond acceptors (Lipinski definition) is 4. The largest absolute Gasteiger partial charge is 0.481 e. The molecule has 0 amide bonds. The Morgan fingerprint density at radius 1 is 1.26 bits per heavy atom. The summed E-state index contributed by atoms with van der Waals surface area (Å²) in [5.74, 6) is -0.708. The molecule has 0 bridgehead atoms. The first kappa shape index (κ1) is 18.6. The highest BCUT2D eigenvalue weighted by Gasteiger charge is 2.16. The van der Waals surface area contributed by atoms with Gasteiger partial charge in [0.05, 0.1) is 6.42 Å². The van der Waals surface area contributed by atoms with Crippen molar-refractivity contribution in [2.75, 3.05) is 0 Å². The summed E-state index contributed by atoms with van der Waals surface area (Å²) in [6.45, 7) is 0.391. The Kier molecular flexibility index (Phi) is 5.21. The summed E-state index contributed by atoms with van der Waals surface area (Å²) in [5.41, 5.74) is 3.24. The van der Waals surface area contributed by atoms with Crippen LogP contribution < -0.4 is 4.74 Å². The molecule has 0 aliphatic rings. The van der Waals surface area contributed by atoms with Crippen LogP contribution in [0.3, 0.4) is 0 Å². The Hall–Kier alpha value is -3.22. The van der Waals surface area contributed by atoms with Crippen LogP contribution in [0, 0.1) is 13.8 Å². The van der Waals surface area contributed by atoms with Gasteiger partial charge in [-0.3, -0.25) is 4.79 Å². The fraction of sp³-hybridized carbons (Fsp3) is 0.200. The molecule has 0 saturated carbocycles. The number of oxazole rings is 1. The number of carboxylic acids is 1. The molecule has 5 nitrogen and oxygen atoms in total. The van der Waals surface area contributed by atoms with E-state index in [4.69, 9.17) is 4.42 Å². The Morgan fingerprint density at radius 2 is 1.93 bits per heavy atom. The quantitative estimate of drug-likeness (QED) is 0.654. The van der Waals surface area contributed by atoms with Crippen molar-refractivity contribution in [3.05, 3.63) is 59.0 Å². The van der Waals surface area contributed by atoms with E-state index in [2.05, 4.69) is 9.72 Å². The molecule has 0 aliphatic carbocycles. The molecule has 7 heteroatoms. The van der Waals surface area contributed by atoms with E-state index < -0.39 is 12.6 Å². The number of halogens is 2. The number of carbonyl (C=O) groups is 1. The standard InChI is InChI=1S/C20H17F2NO4/c1-11-7-13(8-12(2)18(11)27-20(21)22)9-14(10-17(24)25)19-23-15-5-3-4-6-16(15)26-19/h3-9,20H,10H2,1-2H3,(H,24,25)/b14-9+. The first-order chi connectivity index (χ1) is 12.8. The molecule has 1 heterocycles. The van der Waals surface area contributed by atoms with Gasteiger partial charge in [0.15, 0.2) is 5.58 Å². The van der Waals surface area contributed by atoms with Gasteiger partial charge >= 0.3 is 12.6 Å². The van der Waals surface area contributed by atoms with Gasteiger partial charge in [-0.1, -0.05) is 12.1 Å². The third-order valence-electron chi connectivity index (χ3n) is 3.94. The van der Waals surface area contributed by atoms with E-state index in [0.717, 1.165) is 0 Å². The van der Waals surface area contributed by atoms with Crippen molar-refractivity contribution in [3.63, 3.8) is 0 Å². The van der Waals surface area contributed by atoms with E-state index in [9.17, 15) is 18.7 Å². The fourth-order valence-corrected chi connectivity index (χ4v) is 2.90. The fourth-order valence-electron chi connectivity index (χ4n) is 2.90. The van der Waals surface area contributed by atoms with Crippen molar-refractivity contribution in [2.45, 2.75) is 26.9 Å². The number of aliphatic carboxylic acids is 1. The van der Waals surface area contributed by atoms with Crippen LogP contribution in [0.1, 0.15) is 29.0 Å². The van der Waals surface area contributed by atoms with Gasteiger partial charge in [0.2, 0.25) is 5.89 Å². The number of hydrogen-bond donors (Lipinski definition) is 1. The van der Waals surface area contributed by atoms with Crippen LogP contribution in [-0.2, 0) is 4.79 Å². The van der Waals surface area contributed by atoms with Crippen LogP contribution in [0.4, 0.5) is 8.78 Å². The number of para-hydroxylation sites is 2. The minimum atomic E-state index is -2.91. The predicted octanol–water partition coefficient (Wildman–Crippen LogP) is 5.06. The van der Waals surface area contributed by atoms with Crippen molar-refractivity contribution in [1.29, 1.82) is 0 Å². The molecular weight excluding hydrogens is 356 g/mol. The molecule has 0 spiro atoms. The molecule has 0 atom stereocenters. The summed E-state index contributed by atoms with van der Waals surface area (Å²) in [6.07, 6.45) is 1.34. The summed E-state index contributed by atoms with van der Waals surface area (Å²) in [5, 5.41) is 9.24. The summed E-state index contributed by atoms with van der Waals surface area (Å²) < 4.78 is 35.3. The zero-order valence-electron chi connectivity index (χ0n) is 14.7. The molecule has 0 unspecified atom stereocenters. The molecule has 0 aliphatic heterocycles. The molecule has 0 radical (unpaired) electrons. The van der Waals surface area contributed by atoms with Crippen LogP contribution in [0.5, 0.6) is 5.75 Å². The minimum Gasteiger partial charge on any atom is -0.481 e. The monoisotopic (exact) mass is 373 g/mol. The molecule has 0 fully saturated rings. The topological polar surface area (TPSA) is 72.6 Å².